The quantitative estimate of drug-likeness (QED) is 0.654. The second-order valence-corrected chi connectivity index (χ2v) is 7.48. The molecule has 0 atom stereocenters. The smallest absolute Gasteiger partial charge is 0.240 e. The zero-order valence-corrected chi connectivity index (χ0v) is 15.8. The SMILES string of the molecule is COc1ccccc1OCCNC(=O)CN(c1ccccc1F)S(C)(=O)=O. The number of hydrogen-bond donors (Lipinski definition) is 1. The van der Waals surface area contributed by atoms with Crippen molar-refractivity contribution in [2.75, 3.05) is 37.4 Å². The van der Waals surface area contributed by atoms with Gasteiger partial charge in [0.1, 0.15) is 19.0 Å². The van der Waals surface area contributed by atoms with E-state index in [0.717, 1.165) is 16.6 Å². The monoisotopic (exact) mass is 396 g/mol. The van der Waals surface area contributed by atoms with E-state index in [0.29, 0.717) is 11.5 Å². The van der Waals surface area contributed by atoms with Crippen molar-refractivity contribution in [2.45, 2.75) is 0 Å². The Morgan fingerprint density at radius 3 is 2.37 bits per heavy atom. The molecule has 0 aliphatic heterocycles. The largest absolute Gasteiger partial charge is 0.493 e. The van der Waals surface area contributed by atoms with E-state index < -0.39 is 28.3 Å². The molecule has 2 aromatic rings. The number of amides is 1. The lowest BCUT2D eigenvalue weighted by molar-refractivity contribution is -0.119. The van der Waals surface area contributed by atoms with Crippen LogP contribution in [0, 0.1) is 5.82 Å². The second kappa shape index (κ2) is 9.22. The summed E-state index contributed by atoms with van der Waals surface area (Å²) in [4.78, 5) is 12.1. The lowest BCUT2D eigenvalue weighted by Crippen LogP contribution is -2.41. The first-order chi connectivity index (χ1) is 12.8. The number of ether oxygens (including phenoxy) is 2. The maximum atomic E-state index is 13.9. The number of methoxy groups -OCH3 is 1. The van der Waals surface area contributed by atoms with Gasteiger partial charge in [-0.15, -0.1) is 0 Å². The van der Waals surface area contributed by atoms with Crippen molar-refractivity contribution in [3.8, 4) is 11.5 Å². The summed E-state index contributed by atoms with van der Waals surface area (Å²) in [5, 5.41) is 2.55. The van der Waals surface area contributed by atoms with Crippen LogP contribution >= 0.6 is 0 Å². The number of anilines is 1. The molecule has 0 unspecified atom stereocenters. The first kappa shape index (κ1) is 20.5. The van der Waals surface area contributed by atoms with Crippen LogP contribution in [-0.2, 0) is 14.8 Å². The van der Waals surface area contributed by atoms with Gasteiger partial charge in [0, 0.05) is 0 Å². The van der Waals surface area contributed by atoms with E-state index in [9.17, 15) is 17.6 Å². The van der Waals surface area contributed by atoms with Crippen LogP contribution in [0.4, 0.5) is 10.1 Å². The third-order valence-corrected chi connectivity index (χ3v) is 4.69. The molecule has 146 valence electrons. The van der Waals surface area contributed by atoms with E-state index in [1.54, 1.807) is 24.3 Å². The summed E-state index contributed by atoms with van der Waals surface area (Å²) in [6, 6.07) is 12.4. The summed E-state index contributed by atoms with van der Waals surface area (Å²) < 4.78 is 49.2. The molecule has 2 rings (SSSR count). The third kappa shape index (κ3) is 5.85. The number of nitrogens with zero attached hydrogens (tertiary/aromatic N) is 1. The van der Waals surface area contributed by atoms with Crippen LogP contribution in [0.5, 0.6) is 11.5 Å². The molecule has 1 N–H and O–H groups in total. The van der Waals surface area contributed by atoms with Gasteiger partial charge in [0.25, 0.3) is 0 Å². The molecule has 9 heteroatoms. The zero-order chi connectivity index (χ0) is 19.9. The topological polar surface area (TPSA) is 84.9 Å². The van der Waals surface area contributed by atoms with Crippen LogP contribution in [0.25, 0.3) is 0 Å². The molecule has 0 bridgehead atoms. The highest BCUT2D eigenvalue weighted by atomic mass is 32.2. The van der Waals surface area contributed by atoms with Crippen molar-refractivity contribution in [1.29, 1.82) is 0 Å². The van der Waals surface area contributed by atoms with Gasteiger partial charge in [0.05, 0.1) is 25.6 Å². The number of rotatable bonds is 9. The number of carbonyl (C=O) groups excluding carboxylic acids is 1. The van der Waals surface area contributed by atoms with Gasteiger partial charge < -0.3 is 14.8 Å². The number of benzene rings is 2. The molecule has 0 aromatic heterocycles. The van der Waals surface area contributed by atoms with Gasteiger partial charge in [-0.25, -0.2) is 12.8 Å². The van der Waals surface area contributed by atoms with Gasteiger partial charge in [0.2, 0.25) is 15.9 Å². The first-order valence-electron chi connectivity index (χ1n) is 8.07. The summed E-state index contributed by atoms with van der Waals surface area (Å²) in [7, 11) is -2.31. The van der Waals surface area contributed by atoms with E-state index in [1.807, 2.05) is 0 Å². The Morgan fingerprint density at radius 1 is 1.11 bits per heavy atom. The first-order valence-corrected chi connectivity index (χ1v) is 9.92. The van der Waals surface area contributed by atoms with Crippen molar-refractivity contribution < 1.29 is 27.1 Å². The molecular weight excluding hydrogens is 375 g/mol. The maximum Gasteiger partial charge on any atom is 0.240 e. The molecule has 0 aliphatic rings. The average Bonchev–Trinajstić information content (AvgIpc) is 2.63. The lowest BCUT2D eigenvalue weighted by atomic mass is 10.3. The highest BCUT2D eigenvalue weighted by Gasteiger charge is 2.23. The zero-order valence-electron chi connectivity index (χ0n) is 15.0. The molecule has 0 saturated heterocycles. The van der Waals surface area contributed by atoms with Gasteiger partial charge in [-0.05, 0) is 24.3 Å². The Balaban J connectivity index is 1.92. The van der Waals surface area contributed by atoms with Crippen molar-refractivity contribution in [3.05, 3.63) is 54.3 Å². The number of hydrogen-bond acceptors (Lipinski definition) is 5. The standard InChI is InChI=1S/C18H21FN2O5S/c1-25-16-9-5-6-10-17(16)26-12-11-20-18(22)13-21(27(2,23)24)15-8-4-3-7-14(15)19/h3-10H,11-13H2,1-2H3,(H,20,22). The fourth-order valence-electron chi connectivity index (χ4n) is 2.31. The van der Waals surface area contributed by atoms with Crippen molar-refractivity contribution in [3.63, 3.8) is 0 Å². The number of carbonyl (C=O) groups is 1. The number of sulfonamides is 1. The molecule has 0 spiro atoms. The minimum Gasteiger partial charge on any atom is -0.493 e. The number of para-hydroxylation sites is 3. The Morgan fingerprint density at radius 2 is 1.74 bits per heavy atom. The normalized spacial score (nSPS) is 10.9. The molecule has 0 fully saturated rings. The number of nitrogens with one attached hydrogen (secondary N) is 1. The van der Waals surface area contributed by atoms with E-state index in [2.05, 4.69) is 5.32 Å². The molecule has 7 nitrogen and oxygen atoms in total. The summed E-state index contributed by atoms with van der Waals surface area (Å²) >= 11 is 0. The third-order valence-electron chi connectivity index (χ3n) is 3.56. The molecule has 27 heavy (non-hydrogen) atoms. The predicted octanol–water partition coefficient (Wildman–Crippen LogP) is 1.80. The summed E-state index contributed by atoms with van der Waals surface area (Å²) in [6.45, 7) is -0.231. The van der Waals surface area contributed by atoms with E-state index in [-0.39, 0.29) is 18.8 Å². The van der Waals surface area contributed by atoms with Gasteiger partial charge in [-0.3, -0.25) is 9.10 Å². The molecule has 0 radical (unpaired) electrons. The Hall–Kier alpha value is -2.81. The second-order valence-electron chi connectivity index (χ2n) is 5.57. The van der Waals surface area contributed by atoms with Crippen LogP contribution in [0.15, 0.2) is 48.5 Å². The average molecular weight is 396 g/mol. The Kier molecular flexibility index (Phi) is 7.00. The van der Waals surface area contributed by atoms with Crippen LogP contribution < -0.4 is 19.1 Å². The Bertz CT molecular complexity index is 889. The summed E-state index contributed by atoms with van der Waals surface area (Å²) in [6.07, 6.45) is 0.914. The molecule has 0 saturated carbocycles. The summed E-state index contributed by atoms with van der Waals surface area (Å²) in [5.74, 6) is -0.215. The molecule has 2 aromatic carbocycles. The van der Waals surface area contributed by atoms with Crippen LogP contribution in [0.2, 0.25) is 0 Å². The van der Waals surface area contributed by atoms with Crippen molar-refractivity contribution >= 4 is 21.6 Å². The van der Waals surface area contributed by atoms with Gasteiger partial charge >= 0.3 is 0 Å². The van der Waals surface area contributed by atoms with Gasteiger partial charge in [-0.1, -0.05) is 24.3 Å². The van der Waals surface area contributed by atoms with E-state index >= 15 is 0 Å². The maximum absolute atomic E-state index is 13.9. The van der Waals surface area contributed by atoms with Crippen LogP contribution in [0.3, 0.4) is 0 Å². The Labute approximate surface area is 157 Å². The van der Waals surface area contributed by atoms with Crippen LogP contribution in [-0.4, -0.2) is 47.4 Å². The van der Waals surface area contributed by atoms with E-state index in [4.69, 9.17) is 9.47 Å². The predicted molar refractivity (Wildman–Crippen MR) is 100 cm³/mol. The van der Waals surface area contributed by atoms with Crippen molar-refractivity contribution in [2.24, 2.45) is 0 Å². The number of halogens is 1. The molecular formula is C18H21FN2O5S. The van der Waals surface area contributed by atoms with Crippen molar-refractivity contribution in [1.82, 2.24) is 5.32 Å². The highest BCUT2D eigenvalue weighted by Crippen LogP contribution is 2.25. The van der Waals surface area contributed by atoms with Crippen LogP contribution in [0.1, 0.15) is 0 Å². The van der Waals surface area contributed by atoms with E-state index in [1.165, 1.54) is 25.3 Å². The minimum absolute atomic E-state index is 0.145. The fraction of sp³-hybridized carbons (Fsp3) is 0.278. The van der Waals surface area contributed by atoms with Gasteiger partial charge in [0.15, 0.2) is 11.5 Å². The molecule has 1 amide bonds. The molecule has 0 heterocycles. The summed E-state index contributed by atoms with van der Waals surface area (Å²) in [5.41, 5.74) is -0.180. The lowest BCUT2D eigenvalue weighted by Gasteiger charge is -2.22. The fourth-order valence-corrected chi connectivity index (χ4v) is 3.17. The highest BCUT2D eigenvalue weighted by molar-refractivity contribution is 7.92. The van der Waals surface area contributed by atoms with Gasteiger partial charge in [-0.2, -0.15) is 0 Å². The minimum atomic E-state index is -3.83. The molecule has 0 aliphatic carbocycles.